The van der Waals surface area contributed by atoms with Gasteiger partial charge in [0.25, 0.3) is 0 Å². The van der Waals surface area contributed by atoms with Crippen molar-refractivity contribution in [3.8, 4) is 0 Å². The number of ether oxygens (including phenoxy) is 1. The third-order valence-corrected chi connectivity index (χ3v) is 3.32. The molecule has 2 unspecified atom stereocenters. The lowest BCUT2D eigenvalue weighted by Gasteiger charge is -2.20. The highest BCUT2D eigenvalue weighted by Crippen LogP contribution is 2.20. The van der Waals surface area contributed by atoms with Crippen molar-refractivity contribution in [1.29, 1.82) is 0 Å². The highest BCUT2D eigenvalue weighted by Gasteiger charge is 2.10. The Morgan fingerprint density at radius 3 is 2.76 bits per heavy atom. The normalized spacial score (nSPS) is 14.6. The molecule has 1 aromatic carbocycles. The molecular weight excluding hydrogens is 278 g/mol. The standard InChI is InChI=1S/C14H22BrNO/c1-4-14(16-9-11(2)10-17-3)12-6-5-7-13(15)8-12/h5-8,11,14,16H,4,9-10H2,1-3H3. The number of nitrogens with one attached hydrogen (secondary N) is 1. The van der Waals surface area contributed by atoms with Crippen molar-refractivity contribution >= 4 is 15.9 Å². The minimum Gasteiger partial charge on any atom is -0.384 e. The molecule has 0 saturated carbocycles. The maximum atomic E-state index is 5.15. The lowest BCUT2D eigenvalue weighted by molar-refractivity contribution is 0.156. The van der Waals surface area contributed by atoms with Crippen LogP contribution in [0.4, 0.5) is 0 Å². The number of hydrogen-bond acceptors (Lipinski definition) is 2. The molecule has 0 radical (unpaired) electrons. The summed E-state index contributed by atoms with van der Waals surface area (Å²) in [6.07, 6.45) is 1.09. The van der Waals surface area contributed by atoms with E-state index in [1.807, 2.05) is 0 Å². The van der Waals surface area contributed by atoms with E-state index in [0.717, 1.165) is 24.0 Å². The number of benzene rings is 1. The van der Waals surface area contributed by atoms with Crippen molar-refractivity contribution in [3.05, 3.63) is 34.3 Å². The van der Waals surface area contributed by atoms with E-state index < -0.39 is 0 Å². The molecule has 0 aliphatic carbocycles. The van der Waals surface area contributed by atoms with Crippen molar-refractivity contribution in [2.45, 2.75) is 26.3 Å². The lowest BCUT2D eigenvalue weighted by atomic mass is 10.0. The molecule has 0 aliphatic heterocycles. The fourth-order valence-corrected chi connectivity index (χ4v) is 2.33. The summed E-state index contributed by atoms with van der Waals surface area (Å²) in [5.74, 6) is 0.543. The molecule has 0 aliphatic rings. The Kier molecular flexibility index (Phi) is 6.78. The fourth-order valence-electron chi connectivity index (χ4n) is 1.91. The zero-order valence-corrected chi connectivity index (χ0v) is 12.5. The first-order valence-electron chi connectivity index (χ1n) is 6.15. The van der Waals surface area contributed by atoms with Gasteiger partial charge in [-0.3, -0.25) is 0 Å². The first kappa shape index (κ1) is 14.7. The van der Waals surface area contributed by atoms with Crippen LogP contribution in [0.3, 0.4) is 0 Å². The van der Waals surface area contributed by atoms with Crippen LogP contribution in [-0.4, -0.2) is 20.3 Å². The molecular formula is C14H22BrNO. The zero-order valence-electron chi connectivity index (χ0n) is 10.9. The van der Waals surface area contributed by atoms with E-state index in [-0.39, 0.29) is 0 Å². The van der Waals surface area contributed by atoms with Gasteiger partial charge < -0.3 is 10.1 Å². The molecule has 2 nitrogen and oxygen atoms in total. The van der Waals surface area contributed by atoms with Gasteiger partial charge in [0.15, 0.2) is 0 Å². The topological polar surface area (TPSA) is 21.3 Å². The first-order valence-corrected chi connectivity index (χ1v) is 6.94. The van der Waals surface area contributed by atoms with Gasteiger partial charge in [-0.15, -0.1) is 0 Å². The third-order valence-electron chi connectivity index (χ3n) is 2.82. The van der Waals surface area contributed by atoms with Crippen LogP contribution < -0.4 is 5.32 Å². The molecule has 3 heteroatoms. The van der Waals surface area contributed by atoms with Crippen molar-refractivity contribution in [1.82, 2.24) is 5.32 Å². The molecule has 17 heavy (non-hydrogen) atoms. The summed E-state index contributed by atoms with van der Waals surface area (Å²) in [6, 6.07) is 8.92. The SMILES string of the molecule is CCC(NCC(C)COC)c1cccc(Br)c1. The monoisotopic (exact) mass is 299 g/mol. The average Bonchev–Trinajstić information content (AvgIpc) is 2.30. The predicted octanol–water partition coefficient (Wildman–Crippen LogP) is 3.77. The highest BCUT2D eigenvalue weighted by molar-refractivity contribution is 9.10. The van der Waals surface area contributed by atoms with E-state index in [1.54, 1.807) is 7.11 Å². The summed E-state index contributed by atoms with van der Waals surface area (Å²) in [7, 11) is 1.75. The van der Waals surface area contributed by atoms with Crippen LogP contribution >= 0.6 is 15.9 Å². The summed E-state index contributed by atoms with van der Waals surface area (Å²) >= 11 is 3.52. The zero-order chi connectivity index (χ0) is 12.7. The summed E-state index contributed by atoms with van der Waals surface area (Å²) in [5, 5.41) is 3.60. The molecule has 0 heterocycles. The van der Waals surface area contributed by atoms with Crippen molar-refractivity contribution in [2.75, 3.05) is 20.3 Å². The van der Waals surface area contributed by atoms with E-state index in [0.29, 0.717) is 12.0 Å². The molecule has 0 aromatic heterocycles. The second kappa shape index (κ2) is 7.85. The first-order chi connectivity index (χ1) is 8.17. The average molecular weight is 300 g/mol. The van der Waals surface area contributed by atoms with Crippen LogP contribution in [0.25, 0.3) is 0 Å². The summed E-state index contributed by atoms with van der Waals surface area (Å²) in [4.78, 5) is 0. The number of rotatable bonds is 7. The van der Waals surface area contributed by atoms with Crippen LogP contribution in [0.15, 0.2) is 28.7 Å². The van der Waals surface area contributed by atoms with E-state index in [4.69, 9.17) is 4.74 Å². The number of hydrogen-bond donors (Lipinski definition) is 1. The largest absolute Gasteiger partial charge is 0.384 e. The molecule has 1 aromatic rings. The lowest BCUT2D eigenvalue weighted by Crippen LogP contribution is -2.27. The van der Waals surface area contributed by atoms with E-state index in [1.165, 1.54) is 5.56 Å². The van der Waals surface area contributed by atoms with Gasteiger partial charge in [-0.25, -0.2) is 0 Å². The Balaban J connectivity index is 2.54. The van der Waals surface area contributed by atoms with Crippen LogP contribution in [0, 0.1) is 5.92 Å². The Hall–Kier alpha value is -0.380. The molecule has 1 N–H and O–H groups in total. The summed E-state index contributed by atoms with van der Waals surface area (Å²) in [6.45, 7) is 6.20. The number of halogens is 1. The molecule has 0 bridgehead atoms. The fraction of sp³-hybridized carbons (Fsp3) is 0.571. The number of methoxy groups -OCH3 is 1. The van der Waals surface area contributed by atoms with E-state index >= 15 is 0 Å². The summed E-state index contributed by atoms with van der Waals surface area (Å²) < 4.78 is 6.29. The Morgan fingerprint density at radius 2 is 2.18 bits per heavy atom. The van der Waals surface area contributed by atoms with Crippen molar-refractivity contribution in [3.63, 3.8) is 0 Å². The molecule has 1 rings (SSSR count). The van der Waals surface area contributed by atoms with Gasteiger partial charge in [-0.1, -0.05) is 41.9 Å². The third kappa shape index (κ3) is 5.19. The van der Waals surface area contributed by atoms with Crippen LogP contribution in [0.1, 0.15) is 31.9 Å². The van der Waals surface area contributed by atoms with Crippen molar-refractivity contribution in [2.24, 2.45) is 5.92 Å². The van der Waals surface area contributed by atoms with Gasteiger partial charge in [-0.05, 0) is 30.0 Å². The molecule has 96 valence electrons. The van der Waals surface area contributed by atoms with Gasteiger partial charge in [0.2, 0.25) is 0 Å². The predicted molar refractivity (Wildman–Crippen MR) is 76.2 cm³/mol. The molecule has 2 atom stereocenters. The van der Waals surface area contributed by atoms with E-state index in [9.17, 15) is 0 Å². The minimum atomic E-state index is 0.423. The molecule has 0 amide bonds. The second-order valence-corrected chi connectivity index (χ2v) is 5.40. The van der Waals surface area contributed by atoms with Crippen LogP contribution in [-0.2, 0) is 4.74 Å². The maximum absolute atomic E-state index is 5.15. The van der Waals surface area contributed by atoms with Gasteiger partial charge in [0, 0.05) is 30.8 Å². The smallest absolute Gasteiger partial charge is 0.0499 e. The van der Waals surface area contributed by atoms with Gasteiger partial charge in [0.1, 0.15) is 0 Å². The van der Waals surface area contributed by atoms with Crippen LogP contribution in [0.2, 0.25) is 0 Å². The van der Waals surface area contributed by atoms with Crippen LogP contribution in [0.5, 0.6) is 0 Å². The molecule has 0 spiro atoms. The Morgan fingerprint density at radius 1 is 1.41 bits per heavy atom. The Bertz CT molecular complexity index is 330. The van der Waals surface area contributed by atoms with Gasteiger partial charge in [-0.2, -0.15) is 0 Å². The van der Waals surface area contributed by atoms with Gasteiger partial charge in [0.05, 0.1) is 0 Å². The second-order valence-electron chi connectivity index (χ2n) is 4.48. The Labute approximate surface area is 113 Å². The minimum absolute atomic E-state index is 0.423. The quantitative estimate of drug-likeness (QED) is 0.827. The molecule has 0 fully saturated rings. The van der Waals surface area contributed by atoms with E-state index in [2.05, 4.69) is 59.4 Å². The highest BCUT2D eigenvalue weighted by atomic mass is 79.9. The summed E-state index contributed by atoms with van der Waals surface area (Å²) in [5.41, 5.74) is 1.34. The van der Waals surface area contributed by atoms with Crippen molar-refractivity contribution < 1.29 is 4.74 Å². The molecule has 0 saturated heterocycles. The maximum Gasteiger partial charge on any atom is 0.0499 e. The van der Waals surface area contributed by atoms with Gasteiger partial charge >= 0.3 is 0 Å².